The molecule has 1 aromatic carbocycles. The van der Waals surface area contributed by atoms with E-state index in [4.69, 9.17) is 10.8 Å². The van der Waals surface area contributed by atoms with Crippen molar-refractivity contribution in [1.29, 1.82) is 0 Å². The van der Waals surface area contributed by atoms with Crippen molar-refractivity contribution in [2.45, 2.75) is 32.2 Å². The van der Waals surface area contributed by atoms with Crippen LogP contribution in [-0.2, 0) is 0 Å². The highest BCUT2D eigenvalue weighted by molar-refractivity contribution is 5.56. The minimum atomic E-state index is -0.195. The van der Waals surface area contributed by atoms with Crippen LogP contribution in [0.3, 0.4) is 0 Å². The van der Waals surface area contributed by atoms with Crippen LogP contribution in [0, 0.1) is 11.7 Å². The van der Waals surface area contributed by atoms with Crippen molar-refractivity contribution in [2.75, 3.05) is 24.6 Å². The number of hydrogen-bond acceptors (Lipinski definition) is 3. The largest absolute Gasteiger partial charge is 0.396 e. The molecule has 1 aromatic rings. The molecule has 1 saturated heterocycles. The molecule has 1 heterocycles. The Kier molecular flexibility index (Phi) is 4.77. The summed E-state index contributed by atoms with van der Waals surface area (Å²) in [6.07, 6.45) is 2.94. The highest BCUT2D eigenvalue weighted by Crippen LogP contribution is 2.32. The molecule has 1 aliphatic rings. The summed E-state index contributed by atoms with van der Waals surface area (Å²) in [5.74, 6) is 0.249. The summed E-state index contributed by atoms with van der Waals surface area (Å²) in [5.41, 5.74) is 7.47. The third kappa shape index (κ3) is 3.25. The van der Waals surface area contributed by atoms with E-state index in [1.165, 1.54) is 6.07 Å². The predicted octanol–water partition coefficient (Wildman–Crippen LogP) is 2.44. The Labute approximate surface area is 114 Å². The lowest BCUT2D eigenvalue weighted by Crippen LogP contribution is -2.37. The first-order valence-electron chi connectivity index (χ1n) is 7.03. The Hall–Kier alpha value is -1.13. The van der Waals surface area contributed by atoms with E-state index >= 15 is 0 Å². The summed E-state index contributed by atoms with van der Waals surface area (Å²) in [4.78, 5) is 2.10. The molecule has 1 aliphatic heterocycles. The van der Waals surface area contributed by atoms with Gasteiger partial charge >= 0.3 is 0 Å². The second kappa shape index (κ2) is 6.35. The normalized spacial score (nSPS) is 21.5. The van der Waals surface area contributed by atoms with E-state index in [9.17, 15) is 4.39 Å². The van der Waals surface area contributed by atoms with Crippen molar-refractivity contribution in [3.63, 3.8) is 0 Å². The van der Waals surface area contributed by atoms with Gasteiger partial charge in [0.05, 0.1) is 5.69 Å². The molecule has 3 N–H and O–H groups in total. The molecular formula is C15H23FN2O. The van der Waals surface area contributed by atoms with Crippen molar-refractivity contribution in [3.05, 3.63) is 29.6 Å². The summed E-state index contributed by atoms with van der Waals surface area (Å²) in [6, 6.07) is 4.94. The number of anilines is 1. The molecule has 2 unspecified atom stereocenters. The number of nitrogens with two attached hydrogens (primary N) is 1. The van der Waals surface area contributed by atoms with E-state index in [0.717, 1.165) is 37.9 Å². The minimum Gasteiger partial charge on any atom is -0.396 e. The van der Waals surface area contributed by atoms with Gasteiger partial charge in [-0.2, -0.15) is 0 Å². The first-order chi connectivity index (χ1) is 9.13. The van der Waals surface area contributed by atoms with Crippen molar-refractivity contribution >= 4 is 5.69 Å². The lowest BCUT2D eigenvalue weighted by atomic mass is 9.93. The monoisotopic (exact) mass is 266 g/mol. The first-order valence-corrected chi connectivity index (χ1v) is 7.03. The Morgan fingerprint density at radius 1 is 1.53 bits per heavy atom. The highest BCUT2D eigenvalue weighted by atomic mass is 19.1. The molecule has 19 heavy (non-hydrogen) atoms. The van der Waals surface area contributed by atoms with E-state index in [0.29, 0.717) is 11.6 Å². The van der Waals surface area contributed by atoms with Crippen molar-refractivity contribution in [2.24, 2.45) is 11.7 Å². The fraction of sp³-hybridized carbons (Fsp3) is 0.600. The SMILES string of the molecule is CC(N)c1cccc(F)c1N1CCCC(CCO)C1. The summed E-state index contributed by atoms with van der Waals surface area (Å²) < 4.78 is 14.2. The molecule has 0 aliphatic carbocycles. The minimum absolute atomic E-state index is 0.177. The molecule has 1 fully saturated rings. The van der Waals surface area contributed by atoms with E-state index < -0.39 is 0 Å². The van der Waals surface area contributed by atoms with Crippen molar-refractivity contribution in [3.8, 4) is 0 Å². The quantitative estimate of drug-likeness (QED) is 0.880. The zero-order chi connectivity index (χ0) is 13.8. The number of halogens is 1. The Morgan fingerprint density at radius 3 is 3.00 bits per heavy atom. The van der Waals surface area contributed by atoms with Crippen LogP contribution in [0.4, 0.5) is 10.1 Å². The Balaban J connectivity index is 2.25. The van der Waals surface area contributed by atoms with Gasteiger partial charge in [0.15, 0.2) is 0 Å². The van der Waals surface area contributed by atoms with Crippen LogP contribution >= 0.6 is 0 Å². The van der Waals surface area contributed by atoms with E-state index in [2.05, 4.69) is 4.90 Å². The predicted molar refractivity (Wildman–Crippen MR) is 75.6 cm³/mol. The maximum Gasteiger partial charge on any atom is 0.146 e. The van der Waals surface area contributed by atoms with E-state index in [-0.39, 0.29) is 18.5 Å². The number of aliphatic hydroxyl groups excluding tert-OH is 1. The number of aliphatic hydroxyl groups is 1. The molecular weight excluding hydrogens is 243 g/mol. The average Bonchev–Trinajstić information content (AvgIpc) is 2.39. The molecule has 0 spiro atoms. The third-order valence-electron chi connectivity index (χ3n) is 3.88. The number of para-hydroxylation sites is 1. The van der Waals surface area contributed by atoms with Crippen LogP contribution in [0.1, 0.15) is 37.8 Å². The maximum absolute atomic E-state index is 14.2. The second-order valence-electron chi connectivity index (χ2n) is 5.43. The van der Waals surface area contributed by atoms with Crippen LogP contribution < -0.4 is 10.6 Å². The molecule has 2 rings (SSSR count). The zero-order valence-corrected chi connectivity index (χ0v) is 11.5. The zero-order valence-electron chi connectivity index (χ0n) is 11.5. The molecule has 3 nitrogen and oxygen atoms in total. The van der Waals surface area contributed by atoms with E-state index in [1.807, 2.05) is 13.0 Å². The van der Waals surface area contributed by atoms with Crippen molar-refractivity contribution < 1.29 is 9.50 Å². The summed E-state index contributed by atoms with van der Waals surface area (Å²) in [5, 5.41) is 9.06. The molecule has 0 bridgehead atoms. The summed E-state index contributed by atoms with van der Waals surface area (Å²) >= 11 is 0. The number of piperidine rings is 1. The van der Waals surface area contributed by atoms with Crippen LogP contribution in [0.2, 0.25) is 0 Å². The first kappa shape index (κ1) is 14.3. The molecule has 4 heteroatoms. The van der Waals surface area contributed by atoms with Gasteiger partial charge in [-0.1, -0.05) is 12.1 Å². The topological polar surface area (TPSA) is 49.5 Å². The third-order valence-corrected chi connectivity index (χ3v) is 3.88. The number of benzene rings is 1. The number of nitrogens with zero attached hydrogens (tertiary/aromatic N) is 1. The number of hydrogen-bond donors (Lipinski definition) is 2. The maximum atomic E-state index is 14.2. The van der Waals surface area contributed by atoms with Crippen molar-refractivity contribution in [1.82, 2.24) is 0 Å². The van der Waals surface area contributed by atoms with Crippen LogP contribution in [0.25, 0.3) is 0 Å². The Morgan fingerprint density at radius 2 is 2.32 bits per heavy atom. The summed E-state index contributed by atoms with van der Waals surface area (Å²) in [6.45, 7) is 3.76. The fourth-order valence-electron chi connectivity index (χ4n) is 2.92. The van der Waals surface area contributed by atoms with Gasteiger partial charge < -0.3 is 15.7 Å². The van der Waals surface area contributed by atoms with E-state index in [1.54, 1.807) is 6.07 Å². The lowest BCUT2D eigenvalue weighted by molar-refractivity contribution is 0.244. The molecule has 106 valence electrons. The van der Waals surface area contributed by atoms with Gasteiger partial charge in [0.1, 0.15) is 5.82 Å². The van der Waals surface area contributed by atoms with Gasteiger partial charge in [-0.3, -0.25) is 0 Å². The summed E-state index contributed by atoms with van der Waals surface area (Å²) in [7, 11) is 0. The molecule has 0 radical (unpaired) electrons. The van der Waals surface area contributed by atoms with Gasteiger partial charge in [-0.15, -0.1) is 0 Å². The Bertz CT molecular complexity index is 421. The van der Waals surface area contributed by atoms with Gasteiger partial charge in [-0.05, 0) is 43.7 Å². The van der Waals surface area contributed by atoms with Gasteiger partial charge in [0, 0.05) is 25.7 Å². The molecule has 0 aromatic heterocycles. The van der Waals surface area contributed by atoms with Gasteiger partial charge in [0.25, 0.3) is 0 Å². The van der Waals surface area contributed by atoms with Crippen LogP contribution in [-0.4, -0.2) is 24.8 Å². The average molecular weight is 266 g/mol. The molecule has 2 atom stereocenters. The highest BCUT2D eigenvalue weighted by Gasteiger charge is 2.24. The number of rotatable bonds is 4. The smallest absolute Gasteiger partial charge is 0.146 e. The fourth-order valence-corrected chi connectivity index (χ4v) is 2.92. The molecule has 0 saturated carbocycles. The van der Waals surface area contributed by atoms with Crippen LogP contribution in [0.5, 0.6) is 0 Å². The second-order valence-corrected chi connectivity index (χ2v) is 5.43. The lowest BCUT2D eigenvalue weighted by Gasteiger charge is -2.36. The molecule has 0 amide bonds. The van der Waals surface area contributed by atoms with Gasteiger partial charge in [-0.25, -0.2) is 4.39 Å². The van der Waals surface area contributed by atoms with Gasteiger partial charge in [0.2, 0.25) is 0 Å². The standard InChI is InChI=1S/C15H23FN2O/c1-11(17)13-5-2-6-14(16)15(13)18-8-3-4-12(10-18)7-9-19/h2,5-6,11-12,19H,3-4,7-10,17H2,1H3. The van der Waals surface area contributed by atoms with Crippen LogP contribution in [0.15, 0.2) is 18.2 Å².